The standard InChI is InChI=1S/C15H24O/c1-3-5-12-6-8-13(9-7-12)15-11-10-14(4-2)16-15/h10-13H,3-9H2,1-2H3. The molecule has 0 aliphatic heterocycles. The minimum absolute atomic E-state index is 0.702. The van der Waals surface area contributed by atoms with Gasteiger partial charge < -0.3 is 4.42 Å². The zero-order chi connectivity index (χ0) is 11.4. The number of furan rings is 1. The molecule has 0 amide bonds. The number of hydrogen-bond donors (Lipinski definition) is 0. The van der Waals surface area contributed by atoms with E-state index in [0.29, 0.717) is 5.92 Å². The Hall–Kier alpha value is -0.720. The van der Waals surface area contributed by atoms with Crippen LogP contribution in [0, 0.1) is 5.92 Å². The van der Waals surface area contributed by atoms with E-state index in [1.54, 1.807) is 0 Å². The molecular formula is C15H24O. The lowest BCUT2D eigenvalue weighted by atomic mass is 9.79. The van der Waals surface area contributed by atoms with Crippen molar-refractivity contribution in [3.8, 4) is 0 Å². The molecule has 0 radical (unpaired) electrons. The lowest BCUT2D eigenvalue weighted by Gasteiger charge is -2.27. The van der Waals surface area contributed by atoms with Crippen LogP contribution < -0.4 is 0 Å². The SMILES string of the molecule is CCCC1CCC(c2ccc(CC)o2)CC1. The predicted molar refractivity (Wildman–Crippen MR) is 67.7 cm³/mol. The normalized spacial score (nSPS) is 25.9. The first kappa shape index (κ1) is 11.8. The smallest absolute Gasteiger partial charge is 0.107 e. The third kappa shape index (κ3) is 2.69. The number of aryl methyl sites for hydroxylation is 1. The minimum Gasteiger partial charge on any atom is -0.466 e. The third-order valence-corrected chi connectivity index (χ3v) is 3.98. The Morgan fingerprint density at radius 1 is 1.12 bits per heavy atom. The number of hydrogen-bond acceptors (Lipinski definition) is 1. The highest BCUT2D eigenvalue weighted by molar-refractivity contribution is 5.12. The monoisotopic (exact) mass is 220 g/mol. The fourth-order valence-corrected chi connectivity index (χ4v) is 2.95. The summed E-state index contributed by atoms with van der Waals surface area (Å²) in [5.74, 6) is 4.08. The van der Waals surface area contributed by atoms with Crippen LogP contribution >= 0.6 is 0 Å². The highest BCUT2D eigenvalue weighted by Gasteiger charge is 2.23. The Bertz CT molecular complexity index is 305. The summed E-state index contributed by atoms with van der Waals surface area (Å²) >= 11 is 0. The molecule has 0 N–H and O–H groups in total. The summed E-state index contributed by atoms with van der Waals surface area (Å²) in [7, 11) is 0. The fraction of sp³-hybridized carbons (Fsp3) is 0.733. The summed E-state index contributed by atoms with van der Waals surface area (Å²) in [5.41, 5.74) is 0. The van der Waals surface area contributed by atoms with Crippen LogP contribution in [-0.4, -0.2) is 0 Å². The maximum atomic E-state index is 5.87. The molecule has 1 aliphatic rings. The Morgan fingerprint density at radius 3 is 2.44 bits per heavy atom. The van der Waals surface area contributed by atoms with E-state index in [1.807, 2.05) is 0 Å². The van der Waals surface area contributed by atoms with Crippen LogP contribution in [0.1, 0.15) is 69.8 Å². The van der Waals surface area contributed by atoms with Crippen molar-refractivity contribution in [2.75, 3.05) is 0 Å². The van der Waals surface area contributed by atoms with E-state index in [0.717, 1.165) is 18.1 Å². The van der Waals surface area contributed by atoms with Crippen molar-refractivity contribution in [3.05, 3.63) is 23.7 Å². The largest absolute Gasteiger partial charge is 0.466 e. The molecule has 0 aromatic carbocycles. The second-order valence-electron chi connectivity index (χ2n) is 5.16. The molecule has 0 saturated heterocycles. The van der Waals surface area contributed by atoms with Crippen molar-refractivity contribution in [2.45, 2.75) is 64.7 Å². The number of rotatable bonds is 4. The molecule has 1 heterocycles. The summed E-state index contributed by atoms with van der Waals surface area (Å²) < 4.78 is 5.87. The van der Waals surface area contributed by atoms with Gasteiger partial charge in [-0.1, -0.05) is 26.7 Å². The molecule has 1 aromatic heterocycles. The van der Waals surface area contributed by atoms with Crippen LogP contribution in [0.15, 0.2) is 16.5 Å². The van der Waals surface area contributed by atoms with Crippen LogP contribution in [0.5, 0.6) is 0 Å². The Morgan fingerprint density at radius 2 is 1.88 bits per heavy atom. The highest BCUT2D eigenvalue weighted by atomic mass is 16.3. The average Bonchev–Trinajstić information content (AvgIpc) is 2.79. The predicted octanol–water partition coefficient (Wildman–Crippen LogP) is 4.92. The van der Waals surface area contributed by atoms with Crippen LogP contribution in [0.25, 0.3) is 0 Å². The zero-order valence-corrected chi connectivity index (χ0v) is 10.7. The van der Waals surface area contributed by atoms with Crippen LogP contribution in [0.4, 0.5) is 0 Å². The molecule has 1 heteroatoms. The van der Waals surface area contributed by atoms with Crippen molar-refractivity contribution < 1.29 is 4.42 Å². The fourth-order valence-electron chi connectivity index (χ4n) is 2.95. The van der Waals surface area contributed by atoms with E-state index in [1.165, 1.54) is 44.3 Å². The molecule has 1 saturated carbocycles. The Balaban J connectivity index is 1.88. The summed E-state index contributed by atoms with van der Waals surface area (Å²) in [6, 6.07) is 4.34. The van der Waals surface area contributed by atoms with Gasteiger partial charge in [0.05, 0.1) is 0 Å². The van der Waals surface area contributed by atoms with Crippen LogP contribution in [-0.2, 0) is 6.42 Å². The van der Waals surface area contributed by atoms with Gasteiger partial charge in [0.25, 0.3) is 0 Å². The van der Waals surface area contributed by atoms with Gasteiger partial charge in [0.15, 0.2) is 0 Å². The summed E-state index contributed by atoms with van der Waals surface area (Å²) in [4.78, 5) is 0. The van der Waals surface area contributed by atoms with Crippen molar-refractivity contribution in [1.82, 2.24) is 0 Å². The molecule has 0 spiro atoms. The molecule has 1 nitrogen and oxygen atoms in total. The lowest BCUT2D eigenvalue weighted by Crippen LogP contribution is -2.12. The molecule has 16 heavy (non-hydrogen) atoms. The molecule has 0 unspecified atom stereocenters. The van der Waals surface area contributed by atoms with Gasteiger partial charge in [-0.3, -0.25) is 0 Å². The Kier molecular flexibility index (Phi) is 4.09. The molecular weight excluding hydrogens is 196 g/mol. The first-order chi connectivity index (χ1) is 7.83. The van der Waals surface area contributed by atoms with E-state index in [-0.39, 0.29) is 0 Å². The molecule has 90 valence electrons. The second kappa shape index (κ2) is 5.56. The summed E-state index contributed by atoms with van der Waals surface area (Å²) in [5, 5.41) is 0. The molecule has 0 atom stereocenters. The van der Waals surface area contributed by atoms with Crippen molar-refractivity contribution in [3.63, 3.8) is 0 Å². The lowest BCUT2D eigenvalue weighted by molar-refractivity contribution is 0.282. The molecule has 1 aromatic rings. The quantitative estimate of drug-likeness (QED) is 0.702. The van der Waals surface area contributed by atoms with Gasteiger partial charge in [-0.05, 0) is 43.7 Å². The first-order valence-electron chi connectivity index (χ1n) is 6.92. The van der Waals surface area contributed by atoms with Crippen LogP contribution in [0.3, 0.4) is 0 Å². The Labute approximate surface area is 99.2 Å². The van der Waals surface area contributed by atoms with Gasteiger partial charge in [0.1, 0.15) is 11.5 Å². The maximum absolute atomic E-state index is 5.87. The third-order valence-electron chi connectivity index (χ3n) is 3.98. The molecule has 1 fully saturated rings. The van der Waals surface area contributed by atoms with E-state index in [9.17, 15) is 0 Å². The van der Waals surface area contributed by atoms with Gasteiger partial charge >= 0.3 is 0 Å². The topological polar surface area (TPSA) is 13.1 Å². The molecule has 0 bridgehead atoms. The maximum Gasteiger partial charge on any atom is 0.107 e. The summed E-state index contributed by atoms with van der Waals surface area (Å²) in [6.45, 7) is 4.45. The van der Waals surface area contributed by atoms with Crippen molar-refractivity contribution in [2.24, 2.45) is 5.92 Å². The molecule has 2 rings (SSSR count). The van der Waals surface area contributed by atoms with Crippen molar-refractivity contribution in [1.29, 1.82) is 0 Å². The van der Waals surface area contributed by atoms with Gasteiger partial charge in [0, 0.05) is 12.3 Å². The molecule has 1 aliphatic carbocycles. The van der Waals surface area contributed by atoms with Crippen molar-refractivity contribution >= 4 is 0 Å². The van der Waals surface area contributed by atoms with E-state index >= 15 is 0 Å². The highest BCUT2D eigenvalue weighted by Crippen LogP contribution is 2.37. The average molecular weight is 220 g/mol. The van der Waals surface area contributed by atoms with E-state index in [4.69, 9.17) is 4.42 Å². The second-order valence-corrected chi connectivity index (χ2v) is 5.16. The first-order valence-corrected chi connectivity index (χ1v) is 6.92. The van der Waals surface area contributed by atoms with E-state index in [2.05, 4.69) is 26.0 Å². The van der Waals surface area contributed by atoms with Gasteiger partial charge in [-0.2, -0.15) is 0 Å². The van der Waals surface area contributed by atoms with Gasteiger partial charge in [0.2, 0.25) is 0 Å². The zero-order valence-electron chi connectivity index (χ0n) is 10.7. The van der Waals surface area contributed by atoms with Crippen LogP contribution in [0.2, 0.25) is 0 Å². The van der Waals surface area contributed by atoms with Gasteiger partial charge in [-0.15, -0.1) is 0 Å². The summed E-state index contributed by atoms with van der Waals surface area (Å²) in [6.07, 6.45) is 9.26. The van der Waals surface area contributed by atoms with Gasteiger partial charge in [-0.25, -0.2) is 0 Å². The van der Waals surface area contributed by atoms with E-state index < -0.39 is 0 Å². The minimum atomic E-state index is 0.702.